The average molecular weight is 399 g/mol. The summed E-state index contributed by atoms with van der Waals surface area (Å²) < 4.78 is 58.4. The van der Waals surface area contributed by atoms with Crippen LogP contribution in [0.2, 0.25) is 0 Å². The van der Waals surface area contributed by atoms with Gasteiger partial charge in [-0.1, -0.05) is 6.07 Å². The van der Waals surface area contributed by atoms with Gasteiger partial charge in [0.2, 0.25) is 0 Å². The third kappa shape index (κ3) is 3.56. The standard InChI is InChI=1S/C16H21N3O5S2/c1-11-16(12(2)19(17-11)14-7-8-25(20,21)10-14)26(22,23)18-13-5-4-6-15(9-13)24-3/h4-6,9,14,18H,7-8,10H2,1-3H3/t14-/m0/s1. The molecule has 26 heavy (non-hydrogen) atoms. The molecule has 1 N–H and O–H groups in total. The van der Waals surface area contributed by atoms with Crippen LogP contribution in [0.3, 0.4) is 0 Å². The van der Waals surface area contributed by atoms with Gasteiger partial charge in [0.1, 0.15) is 10.6 Å². The molecular weight excluding hydrogens is 378 g/mol. The number of rotatable bonds is 5. The molecule has 10 heteroatoms. The second-order valence-electron chi connectivity index (χ2n) is 6.34. The first kappa shape index (κ1) is 18.7. The van der Waals surface area contributed by atoms with Crippen molar-refractivity contribution in [1.82, 2.24) is 9.78 Å². The van der Waals surface area contributed by atoms with Gasteiger partial charge < -0.3 is 4.74 Å². The van der Waals surface area contributed by atoms with E-state index in [1.165, 1.54) is 11.8 Å². The van der Waals surface area contributed by atoms with Crippen molar-refractivity contribution in [3.63, 3.8) is 0 Å². The van der Waals surface area contributed by atoms with Crippen molar-refractivity contribution in [2.75, 3.05) is 23.3 Å². The monoisotopic (exact) mass is 399 g/mol. The van der Waals surface area contributed by atoms with Gasteiger partial charge in [0.25, 0.3) is 10.0 Å². The molecular formula is C16H21N3O5S2. The SMILES string of the molecule is COc1cccc(NS(=O)(=O)c2c(C)nn([C@H]3CCS(=O)(=O)C3)c2C)c1. The van der Waals surface area contributed by atoms with Gasteiger partial charge >= 0.3 is 0 Å². The summed E-state index contributed by atoms with van der Waals surface area (Å²) in [5, 5.41) is 4.31. The van der Waals surface area contributed by atoms with E-state index in [1.807, 2.05) is 0 Å². The summed E-state index contributed by atoms with van der Waals surface area (Å²) in [6.45, 7) is 3.25. The number of benzene rings is 1. The number of aromatic nitrogens is 2. The average Bonchev–Trinajstić information content (AvgIpc) is 3.06. The molecule has 1 aromatic carbocycles. The Morgan fingerprint density at radius 1 is 1.31 bits per heavy atom. The van der Waals surface area contributed by atoms with Crippen molar-refractivity contribution >= 4 is 25.5 Å². The molecule has 3 rings (SSSR count). The molecule has 1 atom stereocenters. The minimum Gasteiger partial charge on any atom is -0.497 e. The Labute approximate surface area is 153 Å². The highest BCUT2D eigenvalue weighted by Gasteiger charge is 2.33. The van der Waals surface area contributed by atoms with Crippen LogP contribution < -0.4 is 9.46 Å². The van der Waals surface area contributed by atoms with Gasteiger partial charge in [-0.25, -0.2) is 16.8 Å². The minimum absolute atomic E-state index is 0.0161. The first-order valence-electron chi connectivity index (χ1n) is 8.06. The van der Waals surface area contributed by atoms with Gasteiger partial charge in [0.05, 0.1) is 41.7 Å². The van der Waals surface area contributed by atoms with Gasteiger partial charge in [-0.3, -0.25) is 9.40 Å². The van der Waals surface area contributed by atoms with E-state index in [4.69, 9.17) is 4.74 Å². The zero-order valence-electron chi connectivity index (χ0n) is 14.8. The highest BCUT2D eigenvalue weighted by Crippen LogP contribution is 2.30. The molecule has 0 spiro atoms. The summed E-state index contributed by atoms with van der Waals surface area (Å²) in [4.78, 5) is 0.0737. The summed E-state index contributed by atoms with van der Waals surface area (Å²) in [6, 6.07) is 6.27. The molecule has 2 aromatic rings. The molecule has 1 aliphatic rings. The van der Waals surface area contributed by atoms with Crippen LogP contribution in [0.15, 0.2) is 29.2 Å². The van der Waals surface area contributed by atoms with E-state index in [0.717, 1.165) is 0 Å². The number of nitrogens with one attached hydrogen (secondary N) is 1. The second kappa shape index (κ2) is 6.58. The number of ether oxygens (including phenoxy) is 1. The molecule has 0 aliphatic carbocycles. The molecule has 0 unspecified atom stereocenters. The van der Waals surface area contributed by atoms with Crippen LogP contribution >= 0.6 is 0 Å². The lowest BCUT2D eigenvalue weighted by Crippen LogP contribution is -2.17. The van der Waals surface area contributed by atoms with Crippen LogP contribution in [-0.2, 0) is 19.9 Å². The summed E-state index contributed by atoms with van der Waals surface area (Å²) in [5.41, 5.74) is 1.14. The van der Waals surface area contributed by atoms with Crippen molar-refractivity contribution < 1.29 is 21.6 Å². The highest BCUT2D eigenvalue weighted by molar-refractivity contribution is 7.92. The van der Waals surface area contributed by atoms with Crippen LogP contribution in [-0.4, -0.2) is 45.2 Å². The van der Waals surface area contributed by atoms with E-state index < -0.39 is 19.9 Å². The number of aryl methyl sites for hydroxylation is 1. The molecule has 1 aromatic heterocycles. The zero-order valence-corrected chi connectivity index (χ0v) is 16.4. The van der Waals surface area contributed by atoms with E-state index in [0.29, 0.717) is 29.2 Å². The van der Waals surface area contributed by atoms with Crippen molar-refractivity contribution in [1.29, 1.82) is 0 Å². The van der Waals surface area contributed by atoms with E-state index in [9.17, 15) is 16.8 Å². The van der Waals surface area contributed by atoms with E-state index in [2.05, 4.69) is 9.82 Å². The van der Waals surface area contributed by atoms with Crippen molar-refractivity contribution in [3.8, 4) is 5.75 Å². The van der Waals surface area contributed by atoms with Crippen molar-refractivity contribution in [2.45, 2.75) is 31.2 Å². The molecule has 0 radical (unpaired) electrons. The second-order valence-corrected chi connectivity index (χ2v) is 10.2. The van der Waals surface area contributed by atoms with Crippen LogP contribution in [0, 0.1) is 13.8 Å². The molecule has 1 saturated heterocycles. The Balaban J connectivity index is 1.95. The molecule has 142 valence electrons. The summed E-state index contributed by atoms with van der Waals surface area (Å²) in [7, 11) is -5.47. The largest absolute Gasteiger partial charge is 0.497 e. The highest BCUT2D eigenvalue weighted by atomic mass is 32.2. The fourth-order valence-electron chi connectivity index (χ4n) is 3.25. The Hall–Kier alpha value is -2.07. The topological polar surface area (TPSA) is 107 Å². The fraction of sp³-hybridized carbons (Fsp3) is 0.438. The maximum Gasteiger partial charge on any atom is 0.265 e. The zero-order chi connectivity index (χ0) is 19.1. The third-order valence-electron chi connectivity index (χ3n) is 4.40. The minimum atomic E-state index is -3.88. The van der Waals surface area contributed by atoms with Crippen LogP contribution in [0.4, 0.5) is 5.69 Å². The molecule has 0 amide bonds. The molecule has 1 fully saturated rings. The quantitative estimate of drug-likeness (QED) is 0.819. The third-order valence-corrected chi connectivity index (χ3v) is 7.79. The Morgan fingerprint density at radius 3 is 2.65 bits per heavy atom. The normalized spacial score (nSPS) is 19.4. The van der Waals surface area contributed by atoms with Gasteiger partial charge in [0, 0.05) is 6.07 Å². The lowest BCUT2D eigenvalue weighted by Gasteiger charge is -2.12. The number of hydrogen-bond acceptors (Lipinski definition) is 6. The smallest absolute Gasteiger partial charge is 0.265 e. The molecule has 8 nitrogen and oxygen atoms in total. The number of hydrogen-bond donors (Lipinski definition) is 1. The predicted molar refractivity (Wildman–Crippen MR) is 97.8 cm³/mol. The maximum atomic E-state index is 12.9. The van der Waals surface area contributed by atoms with Crippen LogP contribution in [0.25, 0.3) is 0 Å². The van der Waals surface area contributed by atoms with Crippen LogP contribution in [0.5, 0.6) is 5.75 Å². The molecule has 1 aliphatic heterocycles. The number of methoxy groups -OCH3 is 1. The Kier molecular flexibility index (Phi) is 4.74. The summed E-state index contributed by atoms with van der Waals surface area (Å²) >= 11 is 0. The van der Waals surface area contributed by atoms with Crippen molar-refractivity contribution in [2.24, 2.45) is 0 Å². The summed E-state index contributed by atoms with van der Waals surface area (Å²) in [6.07, 6.45) is 0.438. The van der Waals surface area contributed by atoms with E-state index in [1.54, 1.807) is 38.1 Å². The lowest BCUT2D eigenvalue weighted by molar-refractivity contribution is 0.415. The number of sulfonamides is 1. The van der Waals surface area contributed by atoms with Gasteiger partial charge in [-0.2, -0.15) is 5.10 Å². The lowest BCUT2D eigenvalue weighted by atomic mass is 10.2. The number of nitrogens with zero attached hydrogens (tertiary/aromatic N) is 2. The predicted octanol–water partition coefficient (Wildman–Crippen LogP) is 1.67. The molecule has 2 heterocycles. The van der Waals surface area contributed by atoms with Crippen molar-refractivity contribution in [3.05, 3.63) is 35.7 Å². The molecule has 0 saturated carbocycles. The first-order chi connectivity index (χ1) is 12.1. The maximum absolute atomic E-state index is 12.9. The Morgan fingerprint density at radius 2 is 2.04 bits per heavy atom. The fourth-order valence-corrected chi connectivity index (χ4v) is 6.40. The van der Waals surface area contributed by atoms with Gasteiger partial charge in [0.15, 0.2) is 9.84 Å². The number of sulfone groups is 1. The van der Waals surface area contributed by atoms with E-state index >= 15 is 0 Å². The first-order valence-corrected chi connectivity index (χ1v) is 11.4. The number of anilines is 1. The molecule has 0 bridgehead atoms. The summed E-state index contributed by atoms with van der Waals surface area (Å²) in [5.74, 6) is 0.614. The van der Waals surface area contributed by atoms with Gasteiger partial charge in [-0.15, -0.1) is 0 Å². The van der Waals surface area contributed by atoms with Crippen LogP contribution in [0.1, 0.15) is 23.9 Å². The van der Waals surface area contributed by atoms with E-state index in [-0.39, 0.29) is 22.4 Å². The Bertz CT molecular complexity index is 1040. The van der Waals surface area contributed by atoms with Gasteiger partial charge in [-0.05, 0) is 32.4 Å².